The lowest BCUT2D eigenvalue weighted by Gasteiger charge is -2.18. The first-order valence-corrected chi connectivity index (χ1v) is 11.6. The summed E-state index contributed by atoms with van der Waals surface area (Å²) in [5.41, 5.74) is 1.47. The number of hydrogen-bond donors (Lipinski definition) is 1. The van der Waals surface area contributed by atoms with Crippen molar-refractivity contribution in [2.24, 2.45) is 23.7 Å². The second kappa shape index (κ2) is 11.7. The van der Waals surface area contributed by atoms with Gasteiger partial charge in [0.25, 0.3) is 0 Å². The summed E-state index contributed by atoms with van der Waals surface area (Å²) in [7, 11) is 3.61. The fraction of sp³-hybridized carbons (Fsp3) is 0.760. The highest BCUT2D eigenvalue weighted by Crippen LogP contribution is 2.48. The maximum absolute atomic E-state index is 12.3. The zero-order chi connectivity index (χ0) is 21.4. The number of aliphatic hydroxyl groups is 1. The molecule has 5 atom stereocenters. The van der Waals surface area contributed by atoms with Crippen molar-refractivity contribution in [1.29, 1.82) is 0 Å². The minimum atomic E-state index is -0.331. The molecule has 2 aliphatic carbocycles. The lowest BCUT2D eigenvalue weighted by molar-refractivity contribution is -0.128. The van der Waals surface area contributed by atoms with Gasteiger partial charge in [-0.1, -0.05) is 50.8 Å². The fourth-order valence-electron chi connectivity index (χ4n) is 4.93. The predicted molar refractivity (Wildman–Crippen MR) is 118 cm³/mol. The van der Waals surface area contributed by atoms with E-state index in [1.165, 1.54) is 18.4 Å². The molecule has 4 heteroatoms. The maximum atomic E-state index is 12.3. The van der Waals surface area contributed by atoms with Gasteiger partial charge in [0.15, 0.2) is 5.78 Å². The molecular formula is C25H41NO3. The van der Waals surface area contributed by atoms with Gasteiger partial charge in [0.05, 0.1) is 6.10 Å². The molecule has 2 rings (SSSR count). The van der Waals surface area contributed by atoms with Crippen LogP contribution in [-0.4, -0.2) is 41.9 Å². The van der Waals surface area contributed by atoms with Gasteiger partial charge in [-0.05, 0) is 55.9 Å². The van der Waals surface area contributed by atoms with Gasteiger partial charge in [0.2, 0.25) is 5.91 Å². The predicted octanol–water partition coefficient (Wildman–Crippen LogP) is 4.92. The second-order valence-corrected chi connectivity index (χ2v) is 9.51. The Morgan fingerprint density at radius 3 is 2.72 bits per heavy atom. The molecule has 0 aromatic heterocycles. The van der Waals surface area contributed by atoms with E-state index in [4.69, 9.17) is 0 Å². The Labute approximate surface area is 177 Å². The van der Waals surface area contributed by atoms with E-state index < -0.39 is 0 Å². The normalized spacial score (nSPS) is 27.1. The molecule has 0 aromatic rings. The van der Waals surface area contributed by atoms with E-state index in [1.807, 2.05) is 6.08 Å². The largest absolute Gasteiger partial charge is 0.392 e. The molecule has 0 radical (unpaired) electrons. The molecule has 0 aromatic carbocycles. The van der Waals surface area contributed by atoms with Crippen LogP contribution in [0.2, 0.25) is 0 Å². The first kappa shape index (κ1) is 23.9. The van der Waals surface area contributed by atoms with Crippen LogP contribution in [0.25, 0.3) is 0 Å². The van der Waals surface area contributed by atoms with E-state index in [0.717, 1.165) is 38.5 Å². The Balaban J connectivity index is 1.77. The van der Waals surface area contributed by atoms with Crippen LogP contribution in [0.3, 0.4) is 0 Å². The van der Waals surface area contributed by atoms with Crippen LogP contribution in [0.4, 0.5) is 0 Å². The lowest BCUT2D eigenvalue weighted by atomic mass is 9.88. The van der Waals surface area contributed by atoms with Gasteiger partial charge in [-0.2, -0.15) is 0 Å². The molecule has 1 saturated carbocycles. The molecule has 0 unspecified atom stereocenters. The molecule has 0 heterocycles. The topological polar surface area (TPSA) is 57.6 Å². The summed E-state index contributed by atoms with van der Waals surface area (Å²) < 4.78 is 0. The number of ketones is 1. The monoisotopic (exact) mass is 403 g/mol. The van der Waals surface area contributed by atoms with Crippen LogP contribution in [0, 0.1) is 23.7 Å². The van der Waals surface area contributed by atoms with Crippen molar-refractivity contribution < 1.29 is 14.7 Å². The van der Waals surface area contributed by atoms with Crippen molar-refractivity contribution in [2.75, 3.05) is 14.1 Å². The number of carbonyl (C=O) groups is 2. The first-order chi connectivity index (χ1) is 13.8. The number of rotatable bonds is 12. The quantitative estimate of drug-likeness (QED) is 0.286. The van der Waals surface area contributed by atoms with Gasteiger partial charge in [-0.25, -0.2) is 0 Å². The Morgan fingerprint density at radius 1 is 1.28 bits per heavy atom. The molecule has 1 N–H and O–H groups in total. The van der Waals surface area contributed by atoms with E-state index in [2.05, 4.69) is 19.9 Å². The third kappa shape index (κ3) is 7.40. The van der Waals surface area contributed by atoms with E-state index in [1.54, 1.807) is 25.1 Å². The van der Waals surface area contributed by atoms with Gasteiger partial charge in [-0.15, -0.1) is 0 Å². The Bertz CT molecular complexity index is 607. The second-order valence-electron chi connectivity index (χ2n) is 9.51. The molecule has 0 spiro atoms. The minimum absolute atomic E-state index is 0.0963. The standard InChI is InChI=1S/C25H41NO3/c1-5-6-9-18(2)14-21(27)12-13-22-23-16-19(15-20(23)17-24(22)28)10-7-8-11-25(29)26(3)4/h12-13,15,18,20,22-24,28H,5-11,14,16-17H2,1-4H3/t18-,20+,22-,23+,24-/m1/s1. The van der Waals surface area contributed by atoms with Crippen LogP contribution >= 0.6 is 0 Å². The third-order valence-electron chi connectivity index (χ3n) is 6.69. The van der Waals surface area contributed by atoms with Crippen LogP contribution in [0.5, 0.6) is 0 Å². The zero-order valence-electron chi connectivity index (χ0n) is 18.9. The van der Waals surface area contributed by atoms with Gasteiger partial charge in [-0.3, -0.25) is 9.59 Å². The summed E-state index contributed by atoms with van der Waals surface area (Å²) >= 11 is 0. The van der Waals surface area contributed by atoms with Gasteiger partial charge in [0.1, 0.15) is 0 Å². The molecule has 0 saturated heterocycles. The van der Waals surface area contributed by atoms with Crippen molar-refractivity contribution in [3.05, 3.63) is 23.8 Å². The molecule has 4 nitrogen and oxygen atoms in total. The van der Waals surface area contributed by atoms with Crippen molar-refractivity contribution >= 4 is 11.7 Å². The average molecular weight is 404 g/mol. The summed E-state index contributed by atoms with van der Waals surface area (Å²) in [4.78, 5) is 25.6. The van der Waals surface area contributed by atoms with Crippen molar-refractivity contribution in [1.82, 2.24) is 4.90 Å². The van der Waals surface area contributed by atoms with Gasteiger partial charge < -0.3 is 10.0 Å². The summed E-state index contributed by atoms with van der Waals surface area (Å²) in [6.45, 7) is 4.33. The fourth-order valence-corrected chi connectivity index (χ4v) is 4.93. The van der Waals surface area contributed by atoms with E-state index in [9.17, 15) is 14.7 Å². The SMILES string of the molecule is CCCC[C@@H](C)CC(=O)C=C[C@@H]1[C@H]2CC(CCCCC(=O)N(C)C)=C[C@H]2C[C@H]1O. The summed E-state index contributed by atoms with van der Waals surface area (Å²) in [6.07, 6.45) is 15.3. The lowest BCUT2D eigenvalue weighted by Crippen LogP contribution is -2.21. The highest BCUT2D eigenvalue weighted by molar-refractivity contribution is 5.89. The van der Waals surface area contributed by atoms with Crippen LogP contribution in [0.1, 0.15) is 78.1 Å². The third-order valence-corrected chi connectivity index (χ3v) is 6.69. The number of fused-ring (bicyclic) bond motifs is 1. The molecule has 2 aliphatic rings. The highest BCUT2D eigenvalue weighted by Gasteiger charge is 2.43. The number of amides is 1. The van der Waals surface area contributed by atoms with Crippen molar-refractivity contribution in [3.63, 3.8) is 0 Å². The van der Waals surface area contributed by atoms with Crippen LogP contribution in [0.15, 0.2) is 23.8 Å². The molecule has 0 aliphatic heterocycles. The average Bonchev–Trinajstić information content (AvgIpc) is 3.17. The number of allylic oxidation sites excluding steroid dienone is 3. The summed E-state index contributed by atoms with van der Waals surface area (Å²) in [6, 6.07) is 0. The number of unbranched alkanes of at least 4 members (excludes halogenated alkanes) is 2. The number of nitrogens with zero attached hydrogens (tertiary/aromatic N) is 1. The molecule has 1 fully saturated rings. The highest BCUT2D eigenvalue weighted by atomic mass is 16.3. The van der Waals surface area contributed by atoms with Crippen molar-refractivity contribution in [2.45, 2.75) is 84.2 Å². The van der Waals surface area contributed by atoms with Crippen LogP contribution in [-0.2, 0) is 9.59 Å². The number of hydrogen-bond acceptors (Lipinski definition) is 3. The molecule has 164 valence electrons. The Hall–Kier alpha value is -1.42. The molecule has 29 heavy (non-hydrogen) atoms. The van der Waals surface area contributed by atoms with Crippen LogP contribution < -0.4 is 0 Å². The number of aliphatic hydroxyl groups excluding tert-OH is 1. The zero-order valence-corrected chi connectivity index (χ0v) is 18.9. The van der Waals surface area contributed by atoms with Gasteiger partial charge >= 0.3 is 0 Å². The Morgan fingerprint density at radius 2 is 2.03 bits per heavy atom. The summed E-state index contributed by atoms with van der Waals surface area (Å²) in [5, 5.41) is 10.5. The molecule has 1 amide bonds. The van der Waals surface area contributed by atoms with Gasteiger partial charge in [0, 0.05) is 32.9 Å². The minimum Gasteiger partial charge on any atom is -0.392 e. The molecule has 0 bridgehead atoms. The van der Waals surface area contributed by atoms with E-state index in [0.29, 0.717) is 30.6 Å². The number of carbonyl (C=O) groups excluding carboxylic acids is 2. The summed E-state index contributed by atoms with van der Waals surface area (Å²) in [5.74, 6) is 1.80. The van der Waals surface area contributed by atoms with Crippen molar-refractivity contribution in [3.8, 4) is 0 Å². The Kier molecular flexibility index (Phi) is 9.61. The smallest absolute Gasteiger partial charge is 0.222 e. The molecular weight excluding hydrogens is 362 g/mol. The van der Waals surface area contributed by atoms with E-state index >= 15 is 0 Å². The first-order valence-electron chi connectivity index (χ1n) is 11.6. The van der Waals surface area contributed by atoms with E-state index in [-0.39, 0.29) is 23.7 Å². The maximum Gasteiger partial charge on any atom is 0.222 e.